The van der Waals surface area contributed by atoms with Gasteiger partial charge in [-0.1, -0.05) is 0 Å². The third-order valence-electron chi connectivity index (χ3n) is 2.44. The van der Waals surface area contributed by atoms with E-state index in [0.29, 0.717) is 12.6 Å². The Labute approximate surface area is 76.4 Å². The van der Waals surface area contributed by atoms with E-state index in [-0.39, 0.29) is 5.69 Å². The Bertz CT molecular complexity index is 334. The van der Waals surface area contributed by atoms with Gasteiger partial charge in [-0.15, -0.1) is 0 Å². The summed E-state index contributed by atoms with van der Waals surface area (Å²) in [6.45, 7) is 1.76. The summed E-state index contributed by atoms with van der Waals surface area (Å²) in [5.74, 6) is 0. The van der Waals surface area contributed by atoms with Crippen molar-refractivity contribution < 1.29 is 0 Å². The molecule has 0 saturated carbocycles. The maximum Gasteiger partial charge on any atom is 0.345 e. The van der Waals surface area contributed by atoms with Gasteiger partial charge in [0, 0.05) is 13.1 Å². The average molecular weight is 182 g/mol. The zero-order chi connectivity index (χ0) is 9.26. The molecule has 72 valence electrons. The number of aryl methyl sites for hydroxylation is 1. The molecule has 0 amide bonds. The maximum atomic E-state index is 11.4. The second kappa shape index (κ2) is 3.33. The van der Waals surface area contributed by atoms with Crippen molar-refractivity contribution in [2.24, 2.45) is 7.05 Å². The Kier molecular flexibility index (Phi) is 2.18. The van der Waals surface area contributed by atoms with Crippen LogP contribution in [0.25, 0.3) is 0 Å². The molecule has 1 fully saturated rings. The van der Waals surface area contributed by atoms with Crippen LogP contribution in [-0.2, 0) is 13.6 Å². The summed E-state index contributed by atoms with van der Waals surface area (Å²) in [5.41, 5.74) is -0.0336. The first-order valence-electron chi connectivity index (χ1n) is 4.59. The van der Waals surface area contributed by atoms with Crippen molar-refractivity contribution >= 4 is 0 Å². The highest BCUT2D eigenvalue weighted by atomic mass is 16.2. The molecule has 0 unspecified atom stereocenters. The van der Waals surface area contributed by atoms with Gasteiger partial charge in [0.2, 0.25) is 0 Å². The van der Waals surface area contributed by atoms with E-state index in [1.54, 1.807) is 13.4 Å². The summed E-state index contributed by atoms with van der Waals surface area (Å²) < 4.78 is 3.01. The third-order valence-corrected chi connectivity index (χ3v) is 2.44. The van der Waals surface area contributed by atoms with E-state index >= 15 is 0 Å². The molecular weight excluding hydrogens is 168 g/mol. The summed E-state index contributed by atoms with van der Waals surface area (Å²) >= 11 is 0. The smallest absolute Gasteiger partial charge is 0.312 e. The molecule has 5 nitrogen and oxygen atoms in total. The first-order chi connectivity index (χ1) is 6.27. The number of nitrogens with one attached hydrogen (secondary N) is 1. The standard InChI is InChI=1S/C8H14N4O/c1-11-6-10-12(8(11)13)5-7-3-2-4-9-7/h6-7,9H,2-5H2,1H3/t7-/m0/s1. The minimum absolute atomic E-state index is 0.0336. The highest BCUT2D eigenvalue weighted by molar-refractivity contribution is 4.76. The number of nitrogens with zero attached hydrogens (tertiary/aromatic N) is 3. The molecule has 2 rings (SSSR count). The lowest BCUT2D eigenvalue weighted by Crippen LogP contribution is -2.33. The summed E-state index contributed by atoms with van der Waals surface area (Å²) in [7, 11) is 1.72. The van der Waals surface area contributed by atoms with E-state index in [1.165, 1.54) is 15.7 Å². The molecule has 1 N–H and O–H groups in total. The van der Waals surface area contributed by atoms with Crippen LogP contribution in [0.5, 0.6) is 0 Å². The Hall–Kier alpha value is -1.10. The fraction of sp³-hybridized carbons (Fsp3) is 0.750. The van der Waals surface area contributed by atoms with Crippen LogP contribution in [0.3, 0.4) is 0 Å². The number of rotatable bonds is 2. The monoisotopic (exact) mass is 182 g/mol. The van der Waals surface area contributed by atoms with Gasteiger partial charge in [0.25, 0.3) is 0 Å². The second-order valence-electron chi connectivity index (χ2n) is 3.50. The zero-order valence-corrected chi connectivity index (χ0v) is 7.73. The Morgan fingerprint density at radius 1 is 1.77 bits per heavy atom. The van der Waals surface area contributed by atoms with Crippen molar-refractivity contribution in [1.29, 1.82) is 0 Å². The summed E-state index contributed by atoms with van der Waals surface area (Å²) in [6, 6.07) is 0.424. The van der Waals surface area contributed by atoms with Crippen molar-refractivity contribution in [3.05, 3.63) is 16.8 Å². The summed E-state index contributed by atoms with van der Waals surface area (Å²) in [6.07, 6.45) is 3.90. The van der Waals surface area contributed by atoms with Crippen LogP contribution >= 0.6 is 0 Å². The maximum absolute atomic E-state index is 11.4. The van der Waals surface area contributed by atoms with Crippen molar-refractivity contribution in [2.45, 2.75) is 25.4 Å². The highest BCUT2D eigenvalue weighted by Crippen LogP contribution is 2.05. The SMILES string of the molecule is Cn1cnn(C[C@@H]2CCCN2)c1=O. The van der Waals surface area contributed by atoms with Gasteiger partial charge < -0.3 is 5.32 Å². The molecule has 13 heavy (non-hydrogen) atoms. The lowest BCUT2D eigenvalue weighted by atomic mass is 10.2. The van der Waals surface area contributed by atoms with Crippen LogP contribution in [-0.4, -0.2) is 26.9 Å². The van der Waals surface area contributed by atoms with Crippen molar-refractivity contribution in [3.63, 3.8) is 0 Å². The molecule has 0 aliphatic carbocycles. The minimum atomic E-state index is -0.0336. The Morgan fingerprint density at radius 3 is 3.15 bits per heavy atom. The largest absolute Gasteiger partial charge is 0.345 e. The van der Waals surface area contributed by atoms with Crippen molar-refractivity contribution in [3.8, 4) is 0 Å². The van der Waals surface area contributed by atoms with Gasteiger partial charge in [0.1, 0.15) is 6.33 Å². The van der Waals surface area contributed by atoms with Crippen LogP contribution in [0.1, 0.15) is 12.8 Å². The van der Waals surface area contributed by atoms with E-state index in [9.17, 15) is 4.79 Å². The Morgan fingerprint density at radius 2 is 2.62 bits per heavy atom. The topological polar surface area (TPSA) is 51.9 Å². The van der Waals surface area contributed by atoms with Crippen molar-refractivity contribution in [1.82, 2.24) is 19.7 Å². The van der Waals surface area contributed by atoms with Crippen LogP contribution < -0.4 is 11.0 Å². The molecule has 5 heteroatoms. The number of hydrogen-bond donors (Lipinski definition) is 1. The molecule has 1 aromatic rings. The van der Waals surface area contributed by atoms with Gasteiger partial charge in [-0.2, -0.15) is 5.10 Å². The van der Waals surface area contributed by atoms with Crippen molar-refractivity contribution in [2.75, 3.05) is 6.54 Å². The molecule has 1 atom stereocenters. The van der Waals surface area contributed by atoms with Gasteiger partial charge in [0.05, 0.1) is 6.54 Å². The fourth-order valence-corrected chi connectivity index (χ4v) is 1.67. The molecule has 1 aromatic heterocycles. The lowest BCUT2D eigenvalue weighted by Gasteiger charge is -2.07. The first kappa shape index (κ1) is 8.50. The molecule has 2 heterocycles. The highest BCUT2D eigenvalue weighted by Gasteiger charge is 2.15. The first-order valence-corrected chi connectivity index (χ1v) is 4.59. The number of aromatic nitrogens is 3. The van der Waals surface area contributed by atoms with Crippen LogP contribution in [0, 0.1) is 0 Å². The Balaban J connectivity index is 2.09. The van der Waals surface area contributed by atoms with Gasteiger partial charge >= 0.3 is 5.69 Å². The molecule has 1 aliphatic rings. The van der Waals surface area contributed by atoms with E-state index in [1.807, 2.05) is 0 Å². The predicted molar refractivity (Wildman–Crippen MR) is 48.5 cm³/mol. The third kappa shape index (κ3) is 1.65. The van der Waals surface area contributed by atoms with E-state index in [0.717, 1.165) is 13.0 Å². The molecule has 1 saturated heterocycles. The molecule has 0 bridgehead atoms. The van der Waals surface area contributed by atoms with Gasteiger partial charge in [-0.05, 0) is 19.4 Å². The lowest BCUT2D eigenvalue weighted by molar-refractivity contribution is 0.463. The van der Waals surface area contributed by atoms with Gasteiger partial charge in [0.15, 0.2) is 0 Å². The molecule has 1 aliphatic heterocycles. The van der Waals surface area contributed by atoms with Gasteiger partial charge in [-0.25, -0.2) is 9.48 Å². The van der Waals surface area contributed by atoms with Gasteiger partial charge in [-0.3, -0.25) is 4.57 Å². The van der Waals surface area contributed by atoms with Crippen LogP contribution in [0.2, 0.25) is 0 Å². The van der Waals surface area contributed by atoms with Crippen LogP contribution in [0.15, 0.2) is 11.1 Å². The molecule has 0 aromatic carbocycles. The van der Waals surface area contributed by atoms with Crippen LogP contribution in [0.4, 0.5) is 0 Å². The van der Waals surface area contributed by atoms with E-state index < -0.39 is 0 Å². The van der Waals surface area contributed by atoms with E-state index in [2.05, 4.69) is 10.4 Å². The predicted octanol–water partition coefficient (Wildman–Crippen LogP) is -0.666. The summed E-state index contributed by atoms with van der Waals surface area (Å²) in [5, 5.41) is 7.34. The van der Waals surface area contributed by atoms with E-state index in [4.69, 9.17) is 0 Å². The number of hydrogen-bond acceptors (Lipinski definition) is 3. The molecule has 0 radical (unpaired) electrons. The average Bonchev–Trinajstić information content (AvgIpc) is 2.71. The normalized spacial score (nSPS) is 22.4. The second-order valence-corrected chi connectivity index (χ2v) is 3.50. The summed E-state index contributed by atoms with van der Waals surface area (Å²) in [4.78, 5) is 11.4. The molecule has 0 spiro atoms. The minimum Gasteiger partial charge on any atom is -0.312 e. The fourth-order valence-electron chi connectivity index (χ4n) is 1.67. The quantitative estimate of drug-likeness (QED) is 0.660. The molecular formula is C8H14N4O. The zero-order valence-electron chi connectivity index (χ0n) is 7.73.